The maximum absolute atomic E-state index is 5.78. The van der Waals surface area contributed by atoms with Crippen molar-refractivity contribution in [3.63, 3.8) is 0 Å². The first-order chi connectivity index (χ1) is 8.19. The molecule has 0 saturated carbocycles. The summed E-state index contributed by atoms with van der Waals surface area (Å²) < 4.78 is 5.78. The molecule has 0 spiro atoms. The van der Waals surface area contributed by atoms with E-state index in [2.05, 4.69) is 23.6 Å². The Bertz CT molecular complexity index is 227. The van der Waals surface area contributed by atoms with E-state index in [9.17, 15) is 0 Å². The molecule has 2 N–H and O–H groups in total. The SMILES string of the molecule is CC1CN(CC2CCCN2CCN)CC(C)O1. The Morgan fingerprint density at radius 3 is 2.59 bits per heavy atom. The third kappa shape index (κ3) is 3.65. The number of nitrogens with zero attached hydrogens (tertiary/aromatic N) is 2. The first-order valence-electron chi connectivity index (χ1n) is 7.01. The molecule has 4 nitrogen and oxygen atoms in total. The lowest BCUT2D eigenvalue weighted by Gasteiger charge is -2.38. The van der Waals surface area contributed by atoms with Crippen molar-refractivity contribution in [2.45, 2.75) is 44.9 Å². The number of likely N-dealkylation sites (tertiary alicyclic amines) is 1. The number of hydrogen-bond donors (Lipinski definition) is 1. The van der Waals surface area contributed by atoms with Gasteiger partial charge in [-0.1, -0.05) is 0 Å². The van der Waals surface area contributed by atoms with E-state index < -0.39 is 0 Å². The smallest absolute Gasteiger partial charge is 0.0678 e. The molecule has 4 heteroatoms. The molecule has 0 amide bonds. The van der Waals surface area contributed by atoms with Crippen molar-refractivity contribution >= 4 is 0 Å². The fourth-order valence-corrected chi connectivity index (χ4v) is 3.29. The molecule has 0 aromatic rings. The lowest BCUT2D eigenvalue weighted by atomic mass is 10.1. The van der Waals surface area contributed by atoms with Crippen LogP contribution in [-0.2, 0) is 4.74 Å². The molecule has 2 fully saturated rings. The van der Waals surface area contributed by atoms with Crippen molar-refractivity contribution in [1.82, 2.24) is 9.80 Å². The molecule has 0 aliphatic carbocycles. The third-order valence-electron chi connectivity index (χ3n) is 3.88. The van der Waals surface area contributed by atoms with Gasteiger partial charge < -0.3 is 10.5 Å². The van der Waals surface area contributed by atoms with Crippen molar-refractivity contribution in [2.24, 2.45) is 5.73 Å². The van der Waals surface area contributed by atoms with Gasteiger partial charge in [-0.15, -0.1) is 0 Å². The lowest BCUT2D eigenvalue weighted by molar-refractivity contribution is -0.0722. The highest BCUT2D eigenvalue weighted by molar-refractivity contribution is 4.84. The second-order valence-electron chi connectivity index (χ2n) is 5.60. The van der Waals surface area contributed by atoms with Crippen LogP contribution in [0, 0.1) is 0 Å². The van der Waals surface area contributed by atoms with Gasteiger partial charge in [0.15, 0.2) is 0 Å². The highest BCUT2D eigenvalue weighted by Crippen LogP contribution is 2.19. The Balaban J connectivity index is 1.82. The molecule has 3 atom stereocenters. The Hall–Kier alpha value is -0.160. The minimum Gasteiger partial charge on any atom is -0.373 e. The predicted molar refractivity (Wildman–Crippen MR) is 70.1 cm³/mol. The minimum absolute atomic E-state index is 0.378. The maximum atomic E-state index is 5.78. The highest BCUT2D eigenvalue weighted by Gasteiger charge is 2.29. The Labute approximate surface area is 105 Å². The summed E-state index contributed by atoms with van der Waals surface area (Å²) in [6.07, 6.45) is 3.42. The molecule has 3 unspecified atom stereocenters. The van der Waals surface area contributed by atoms with E-state index in [1.165, 1.54) is 25.9 Å². The van der Waals surface area contributed by atoms with Crippen LogP contribution in [0.1, 0.15) is 26.7 Å². The normalized spacial score (nSPS) is 36.5. The number of hydrogen-bond acceptors (Lipinski definition) is 4. The van der Waals surface area contributed by atoms with Gasteiger partial charge in [0.05, 0.1) is 12.2 Å². The first kappa shape index (κ1) is 13.3. The third-order valence-corrected chi connectivity index (χ3v) is 3.88. The van der Waals surface area contributed by atoms with Crippen molar-refractivity contribution in [1.29, 1.82) is 0 Å². The first-order valence-corrected chi connectivity index (χ1v) is 7.01. The van der Waals surface area contributed by atoms with E-state index in [4.69, 9.17) is 10.5 Å². The Morgan fingerprint density at radius 1 is 1.24 bits per heavy atom. The molecule has 100 valence electrons. The Morgan fingerprint density at radius 2 is 1.94 bits per heavy atom. The van der Waals surface area contributed by atoms with Crippen LogP contribution in [0.15, 0.2) is 0 Å². The number of rotatable bonds is 4. The summed E-state index contributed by atoms with van der Waals surface area (Å²) in [6.45, 7) is 10.8. The van der Waals surface area contributed by atoms with Crippen LogP contribution in [0.4, 0.5) is 0 Å². The van der Waals surface area contributed by atoms with Crippen LogP contribution < -0.4 is 5.73 Å². The molecule has 2 saturated heterocycles. The molecule has 2 aliphatic heterocycles. The molecular weight excluding hydrogens is 214 g/mol. The van der Waals surface area contributed by atoms with Crippen LogP contribution in [0.5, 0.6) is 0 Å². The van der Waals surface area contributed by atoms with Gasteiger partial charge in [0.2, 0.25) is 0 Å². The van der Waals surface area contributed by atoms with E-state index >= 15 is 0 Å². The van der Waals surface area contributed by atoms with Gasteiger partial charge in [-0.05, 0) is 33.2 Å². The summed E-state index contributed by atoms with van der Waals surface area (Å²) in [4.78, 5) is 5.13. The molecule has 0 radical (unpaired) electrons. The molecule has 0 aromatic heterocycles. The van der Waals surface area contributed by atoms with Crippen LogP contribution in [-0.4, -0.2) is 67.3 Å². The molecule has 2 aliphatic rings. The molecular formula is C13H27N3O. The summed E-state index contributed by atoms with van der Waals surface area (Å²) in [5, 5.41) is 0. The Kier molecular flexibility index (Phi) is 4.79. The van der Waals surface area contributed by atoms with E-state index in [1.54, 1.807) is 0 Å². The molecule has 17 heavy (non-hydrogen) atoms. The molecule has 2 heterocycles. The summed E-state index contributed by atoms with van der Waals surface area (Å²) in [5.41, 5.74) is 5.67. The molecule has 0 bridgehead atoms. The highest BCUT2D eigenvalue weighted by atomic mass is 16.5. The van der Waals surface area contributed by atoms with Gasteiger partial charge in [0.1, 0.15) is 0 Å². The largest absolute Gasteiger partial charge is 0.373 e. The predicted octanol–water partition coefficient (Wildman–Crippen LogP) is 0.519. The van der Waals surface area contributed by atoms with Crippen LogP contribution in [0.25, 0.3) is 0 Å². The van der Waals surface area contributed by atoms with Crippen molar-refractivity contribution in [3.8, 4) is 0 Å². The standard InChI is InChI=1S/C13H27N3O/c1-11-8-15(9-12(2)17-11)10-13-4-3-6-16(13)7-5-14/h11-13H,3-10,14H2,1-2H3. The molecule has 0 aromatic carbocycles. The van der Waals surface area contributed by atoms with Crippen LogP contribution in [0.3, 0.4) is 0 Å². The zero-order valence-corrected chi connectivity index (χ0v) is 11.3. The average molecular weight is 241 g/mol. The number of ether oxygens (including phenoxy) is 1. The fraction of sp³-hybridized carbons (Fsp3) is 1.00. The van der Waals surface area contributed by atoms with E-state index in [-0.39, 0.29) is 0 Å². The fourth-order valence-electron chi connectivity index (χ4n) is 3.29. The maximum Gasteiger partial charge on any atom is 0.0678 e. The second kappa shape index (κ2) is 6.14. The van der Waals surface area contributed by atoms with E-state index in [0.29, 0.717) is 12.2 Å². The van der Waals surface area contributed by atoms with Crippen LogP contribution in [0.2, 0.25) is 0 Å². The quantitative estimate of drug-likeness (QED) is 0.779. The average Bonchev–Trinajstić information content (AvgIpc) is 2.65. The second-order valence-corrected chi connectivity index (χ2v) is 5.60. The van der Waals surface area contributed by atoms with Gasteiger partial charge in [-0.25, -0.2) is 0 Å². The summed E-state index contributed by atoms with van der Waals surface area (Å²) in [5.74, 6) is 0. The van der Waals surface area contributed by atoms with Gasteiger partial charge in [-0.2, -0.15) is 0 Å². The van der Waals surface area contributed by atoms with Crippen LogP contribution >= 0.6 is 0 Å². The van der Waals surface area contributed by atoms with Gasteiger partial charge in [0.25, 0.3) is 0 Å². The zero-order chi connectivity index (χ0) is 12.3. The van der Waals surface area contributed by atoms with E-state index in [0.717, 1.165) is 32.2 Å². The van der Waals surface area contributed by atoms with Gasteiger partial charge >= 0.3 is 0 Å². The topological polar surface area (TPSA) is 41.7 Å². The zero-order valence-electron chi connectivity index (χ0n) is 11.3. The van der Waals surface area contributed by atoms with E-state index in [1.807, 2.05) is 0 Å². The van der Waals surface area contributed by atoms with Crippen molar-refractivity contribution in [3.05, 3.63) is 0 Å². The number of morpholine rings is 1. The van der Waals surface area contributed by atoms with Gasteiger partial charge in [0, 0.05) is 38.8 Å². The monoisotopic (exact) mass is 241 g/mol. The lowest BCUT2D eigenvalue weighted by Crippen LogP contribution is -2.50. The minimum atomic E-state index is 0.378. The molecule has 2 rings (SSSR count). The van der Waals surface area contributed by atoms with Crippen molar-refractivity contribution < 1.29 is 4.74 Å². The summed E-state index contributed by atoms with van der Waals surface area (Å²) in [6, 6.07) is 0.719. The van der Waals surface area contributed by atoms with Crippen molar-refractivity contribution in [2.75, 3.05) is 39.3 Å². The van der Waals surface area contributed by atoms with Gasteiger partial charge in [-0.3, -0.25) is 9.80 Å². The summed E-state index contributed by atoms with van der Waals surface area (Å²) >= 11 is 0. The summed E-state index contributed by atoms with van der Waals surface area (Å²) in [7, 11) is 0. The number of nitrogens with two attached hydrogens (primary N) is 1.